The van der Waals surface area contributed by atoms with Crippen LogP contribution in [0.15, 0.2) is 59.3 Å². The van der Waals surface area contributed by atoms with Crippen molar-refractivity contribution in [1.82, 2.24) is 0 Å². The van der Waals surface area contributed by atoms with Gasteiger partial charge >= 0.3 is 11.9 Å². The lowest BCUT2D eigenvalue weighted by atomic mass is 9.60. The second-order valence-corrected chi connectivity index (χ2v) is 42.3. The van der Waals surface area contributed by atoms with Crippen LogP contribution in [0.4, 0.5) is 0 Å². The fourth-order valence-corrected chi connectivity index (χ4v) is 17.4. The molecule has 0 saturated heterocycles. The minimum Gasteiger partial charge on any atom is -0.460 e. The molecule has 8 heteroatoms. The van der Waals surface area contributed by atoms with E-state index in [1.54, 1.807) is 11.1 Å². The standard InChI is InChI=1S/C36H62O3Si.C22H38O2.C16H30OSi/c1-25-23-29(27(3)32(24-25)39-40(11,12)35(7,8)9)19-18-28-16-14-22-36(10)30(20-21-31(28)36)26(2)15-13-17-33(37)38-34(4,5)6;1-7-17-11-9-15-22(6)18(13-14-19(17)22)16(2)10-8-12-20(23)24-21(3,4)5;1-10-11-14(4)12-15(13(2)3)17-18(8,9)16(5,6)7/h18-19,25-26,30-32H,3,13-17,20-24H2,1-2,4-12H3;7,16,18-19H,8-15H2,1-6H3;1,14-15H,2,11-12H2,3-9H3/b28-18+,29-19-;17-7+;/t25-,26+,30+,31-,32-,36+;16-,18-,19+,22-;14-,15-/m010/s1. The summed E-state index contributed by atoms with van der Waals surface area (Å²) >= 11 is 0. The molecule has 82 heavy (non-hydrogen) atoms. The maximum Gasteiger partial charge on any atom is 0.306 e. The Morgan fingerprint density at radius 1 is 0.732 bits per heavy atom. The summed E-state index contributed by atoms with van der Waals surface area (Å²) < 4.78 is 24.3. The van der Waals surface area contributed by atoms with E-state index in [1.807, 2.05) is 41.5 Å². The van der Waals surface area contributed by atoms with Crippen LogP contribution in [0.3, 0.4) is 0 Å². The van der Waals surface area contributed by atoms with Crippen LogP contribution in [-0.2, 0) is 27.9 Å². The molecular weight excluding hydrogens is 1040 g/mol. The van der Waals surface area contributed by atoms with Gasteiger partial charge in [-0.05, 0) is 270 Å². The Morgan fingerprint density at radius 2 is 1.18 bits per heavy atom. The van der Waals surface area contributed by atoms with Gasteiger partial charge in [0, 0.05) is 19.3 Å². The number of carbonyl (C=O) groups excluding carboxylic acids is 2. The summed E-state index contributed by atoms with van der Waals surface area (Å²) in [5.74, 6) is 8.15. The molecule has 0 aromatic carbocycles. The van der Waals surface area contributed by atoms with Crippen LogP contribution in [-0.4, -0.2) is 52.0 Å². The van der Waals surface area contributed by atoms with Crippen LogP contribution >= 0.6 is 0 Å². The smallest absolute Gasteiger partial charge is 0.306 e. The van der Waals surface area contributed by atoms with Gasteiger partial charge in [0.05, 0.1) is 12.2 Å². The third kappa shape index (κ3) is 21.5. The molecule has 5 aliphatic rings. The molecule has 0 aliphatic heterocycles. The van der Waals surface area contributed by atoms with Gasteiger partial charge in [0.15, 0.2) is 16.6 Å². The minimum absolute atomic E-state index is 0.0425. The van der Waals surface area contributed by atoms with Crippen molar-refractivity contribution >= 4 is 28.6 Å². The first-order chi connectivity index (χ1) is 37.5. The highest BCUT2D eigenvalue weighted by Crippen LogP contribution is 2.61. The molecule has 470 valence electrons. The predicted molar refractivity (Wildman–Crippen MR) is 358 cm³/mol. The van der Waals surface area contributed by atoms with Crippen LogP contribution < -0.4 is 0 Å². The molecule has 0 unspecified atom stereocenters. The van der Waals surface area contributed by atoms with Gasteiger partial charge in [-0.1, -0.05) is 131 Å². The van der Waals surface area contributed by atoms with E-state index in [9.17, 15) is 9.59 Å². The van der Waals surface area contributed by atoms with Crippen LogP contribution in [0, 0.1) is 70.5 Å². The number of esters is 2. The molecule has 5 aliphatic carbocycles. The maximum atomic E-state index is 12.2. The molecule has 6 nitrogen and oxygen atoms in total. The van der Waals surface area contributed by atoms with Crippen molar-refractivity contribution in [3.05, 3.63) is 59.3 Å². The van der Waals surface area contributed by atoms with E-state index >= 15 is 0 Å². The van der Waals surface area contributed by atoms with E-state index in [2.05, 4.69) is 160 Å². The monoisotopic (exact) mass is 1170 g/mol. The largest absolute Gasteiger partial charge is 0.460 e. The molecule has 0 amide bonds. The summed E-state index contributed by atoms with van der Waals surface area (Å²) in [5.41, 5.74) is 7.24. The van der Waals surface area contributed by atoms with Crippen molar-refractivity contribution in [2.45, 2.75) is 327 Å². The molecule has 0 aromatic rings. The van der Waals surface area contributed by atoms with Gasteiger partial charge in [-0.2, -0.15) is 0 Å². The van der Waals surface area contributed by atoms with Gasteiger partial charge in [0.1, 0.15) is 11.2 Å². The van der Waals surface area contributed by atoms with Crippen LogP contribution in [0.25, 0.3) is 0 Å². The topological polar surface area (TPSA) is 71.1 Å². The Bertz CT molecular complexity index is 2230. The van der Waals surface area contributed by atoms with Crippen molar-refractivity contribution < 1.29 is 27.9 Å². The van der Waals surface area contributed by atoms with Crippen LogP contribution in [0.5, 0.6) is 0 Å². The summed E-state index contributed by atoms with van der Waals surface area (Å²) in [6.45, 7) is 62.2. The zero-order chi connectivity index (χ0) is 62.6. The summed E-state index contributed by atoms with van der Waals surface area (Å²) in [5, 5.41) is 0.439. The maximum absolute atomic E-state index is 12.2. The summed E-state index contributed by atoms with van der Waals surface area (Å²) in [4.78, 5) is 24.1. The van der Waals surface area contributed by atoms with Crippen molar-refractivity contribution in [1.29, 1.82) is 0 Å². The number of carbonyl (C=O) groups is 2. The molecule has 0 spiro atoms. The number of hydrogen-bond donors (Lipinski definition) is 0. The molecule has 0 heterocycles. The molecule has 0 N–H and O–H groups in total. The zero-order valence-electron chi connectivity index (χ0n) is 58.1. The minimum atomic E-state index is -1.85. The third-order valence-corrected chi connectivity index (χ3v) is 30.3. The molecule has 5 saturated carbocycles. The number of rotatable bonds is 19. The third-order valence-electron chi connectivity index (χ3n) is 21.3. The van der Waals surface area contributed by atoms with Crippen molar-refractivity contribution in [3.8, 4) is 12.3 Å². The fourth-order valence-electron chi connectivity index (χ4n) is 14.8. The first-order valence-corrected chi connectivity index (χ1v) is 39.0. The van der Waals surface area contributed by atoms with Crippen molar-refractivity contribution in [2.75, 3.05) is 0 Å². The highest BCUT2D eigenvalue weighted by molar-refractivity contribution is 6.74. The van der Waals surface area contributed by atoms with Gasteiger partial charge in [-0.15, -0.1) is 12.3 Å². The van der Waals surface area contributed by atoms with E-state index < -0.39 is 22.2 Å². The average molecular weight is 1170 g/mol. The number of fused-ring (bicyclic) bond motifs is 2. The highest BCUT2D eigenvalue weighted by Gasteiger charge is 2.52. The van der Waals surface area contributed by atoms with E-state index in [4.69, 9.17) is 24.7 Å². The van der Waals surface area contributed by atoms with Gasteiger partial charge in [-0.25, -0.2) is 0 Å². The first kappa shape index (κ1) is 73.8. The Labute approximate surface area is 510 Å². The van der Waals surface area contributed by atoms with E-state index in [0.29, 0.717) is 53.3 Å². The predicted octanol–water partition coefficient (Wildman–Crippen LogP) is 21.9. The van der Waals surface area contributed by atoms with Crippen LogP contribution in [0.2, 0.25) is 36.3 Å². The number of hydrogen-bond acceptors (Lipinski definition) is 6. The normalized spacial score (nSPS) is 29.3. The average Bonchev–Trinajstić information content (AvgIpc) is 4.04. The Hall–Kier alpha value is -2.45. The quantitative estimate of drug-likeness (QED) is 0.0555. The molecular formula is C74H130O6Si2. The fraction of sp³-hybridized carbons (Fsp3) is 0.811. The lowest BCUT2D eigenvalue weighted by Crippen LogP contribution is -2.45. The van der Waals surface area contributed by atoms with Gasteiger partial charge in [0.25, 0.3) is 0 Å². The Balaban J connectivity index is 0.000000356. The lowest BCUT2D eigenvalue weighted by Gasteiger charge is -2.44. The molecule has 5 rings (SSSR count). The van der Waals surface area contributed by atoms with E-state index in [1.165, 1.54) is 75.4 Å². The Kier molecular flexibility index (Phi) is 27.4. The number of ether oxygens (including phenoxy) is 2. The van der Waals surface area contributed by atoms with Crippen molar-refractivity contribution in [3.63, 3.8) is 0 Å². The summed E-state index contributed by atoms with van der Waals surface area (Å²) in [6, 6.07) is 0. The Morgan fingerprint density at radius 3 is 1.60 bits per heavy atom. The molecule has 0 aromatic heterocycles. The van der Waals surface area contributed by atoms with E-state index in [-0.39, 0.29) is 39.8 Å². The molecule has 0 radical (unpaired) electrons. The molecule has 5 fully saturated rings. The van der Waals surface area contributed by atoms with Gasteiger partial charge < -0.3 is 18.3 Å². The SMILES string of the molecule is C#CC[C@H](C)C[C@H](O[Si](C)(C)C(C)(C)C)C(=C)C.C/C=C1\CCC[C@]2(C)[C@@H]([C@H](C)CCCC(=O)OC(C)(C)C)CC[C@@H]12.C=C1/C(=C\C=C2/CCC[C@]3(C)[C@@H]([C@H](C)CCCC(=O)OC(C)(C)C)CC[C@@H]23)C[C@H](C)C[C@@H]1O[Si](C)(C)C(C)(C)C. The zero-order valence-corrected chi connectivity index (χ0v) is 60.1. The number of terminal acetylenes is 1. The van der Waals surface area contributed by atoms with Gasteiger partial charge in [-0.3, -0.25) is 9.59 Å². The van der Waals surface area contributed by atoms with Gasteiger partial charge in [0.2, 0.25) is 0 Å². The lowest BCUT2D eigenvalue weighted by molar-refractivity contribution is -0.156. The molecule has 0 bridgehead atoms. The first-order valence-electron chi connectivity index (χ1n) is 33.1. The second-order valence-electron chi connectivity index (χ2n) is 32.8. The highest BCUT2D eigenvalue weighted by atomic mass is 28.4. The second kappa shape index (κ2) is 30.5. The van der Waals surface area contributed by atoms with E-state index in [0.717, 1.165) is 74.7 Å². The summed E-state index contributed by atoms with van der Waals surface area (Å²) in [7, 11) is -3.58. The van der Waals surface area contributed by atoms with Crippen molar-refractivity contribution in [2.24, 2.45) is 58.2 Å². The number of allylic oxidation sites excluding steroid dienone is 5. The van der Waals surface area contributed by atoms with Crippen LogP contribution in [0.1, 0.15) is 267 Å². The summed E-state index contributed by atoms with van der Waals surface area (Å²) in [6.07, 6.45) is 35.5. The molecule has 12 atom stereocenters.